The second kappa shape index (κ2) is 3.76. The molecule has 0 rings (SSSR count). The number of quaternary nitrogens is 1. The molecule has 0 aromatic carbocycles. The summed E-state index contributed by atoms with van der Waals surface area (Å²) in [6.45, 7) is 2.09. The molecule has 3 N–H and O–H groups in total. The maximum absolute atomic E-state index is 10.3. The van der Waals surface area contributed by atoms with Crippen LogP contribution in [-0.2, 0) is 4.84 Å². The fourth-order valence-electron chi connectivity index (χ4n) is 0.225. The minimum absolute atomic E-state index is 0.361. The van der Waals surface area contributed by atoms with Crippen LogP contribution in [-0.4, -0.2) is 18.8 Å². The van der Waals surface area contributed by atoms with Gasteiger partial charge in [-0.3, -0.25) is 0 Å². The molecule has 5 heteroatoms. The first kappa shape index (κ1) is 7.80. The highest BCUT2D eigenvalue weighted by Crippen LogP contribution is 1.53. The maximum atomic E-state index is 10.3. The van der Waals surface area contributed by atoms with Gasteiger partial charge < -0.3 is 5.21 Å². The lowest BCUT2D eigenvalue weighted by molar-refractivity contribution is -1.14. The lowest BCUT2D eigenvalue weighted by Gasteiger charge is -2.22. The summed E-state index contributed by atoms with van der Waals surface area (Å²) in [6.07, 6.45) is 0. The van der Waals surface area contributed by atoms with Gasteiger partial charge in [0.1, 0.15) is 6.61 Å². The molecule has 0 heterocycles. The van der Waals surface area contributed by atoms with E-state index in [-0.39, 0.29) is 0 Å². The summed E-state index contributed by atoms with van der Waals surface area (Å²) in [4.78, 5) is 4.47. The Hall–Kier alpha value is -0.200. The Balaban J connectivity index is 3.17. The smallest absolute Gasteiger partial charge is 0.106 e. The molecule has 0 aliphatic carbocycles. The molecule has 0 aromatic rings. The second-order valence-corrected chi connectivity index (χ2v) is 1.31. The van der Waals surface area contributed by atoms with E-state index in [9.17, 15) is 5.21 Å². The van der Waals surface area contributed by atoms with Crippen molar-refractivity contribution in [2.75, 3.05) is 13.7 Å². The first-order chi connectivity index (χ1) is 3.68. The van der Waals surface area contributed by atoms with Crippen molar-refractivity contribution in [1.82, 2.24) is 5.12 Å². The number of nitrogens with one attached hydrogen (secondary N) is 1. The predicted molar refractivity (Wildman–Crippen MR) is 27.9 cm³/mol. The van der Waals surface area contributed by atoms with Crippen molar-refractivity contribution in [3.05, 3.63) is 5.21 Å². The van der Waals surface area contributed by atoms with Gasteiger partial charge >= 0.3 is 0 Å². The zero-order valence-corrected chi connectivity index (χ0v) is 5.05. The van der Waals surface area contributed by atoms with Crippen LogP contribution in [0.4, 0.5) is 0 Å². The van der Waals surface area contributed by atoms with Crippen LogP contribution in [0.5, 0.6) is 0 Å². The third-order valence-electron chi connectivity index (χ3n) is 0.556. The molecular formula is C3H11N3O2. The molecule has 0 spiro atoms. The molecule has 0 aliphatic rings. The van der Waals surface area contributed by atoms with Crippen molar-refractivity contribution in [2.24, 2.45) is 5.84 Å². The minimum atomic E-state index is -0.507. The van der Waals surface area contributed by atoms with Crippen LogP contribution in [0.15, 0.2) is 0 Å². The van der Waals surface area contributed by atoms with Gasteiger partial charge in [-0.2, -0.15) is 4.84 Å². The Morgan fingerprint density at radius 1 is 1.88 bits per heavy atom. The molecule has 0 amide bonds. The van der Waals surface area contributed by atoms with Gasteiger partial charge in [-0.1, -0.05) is 5.12 Å². The molecule has 1 atom stereocenters. The zero-order valence-electron chi connectivity index (χ0n) is 5.05. The summed E-state index contributed by atoms with van der Waals surface area (Å²) < 4.78 is 0. The molecule has 0 radical (unpaired) electrons. The quantitative estimate of drug-likeness (QED) is 0.336. The van der Waals surface area contributed by atoms with Crippen molar-refractivity contribution in [1.29, 1.82) is 0 Å². The van der Waals surface area contributed by atoms with Crippen LogP contribution in [0.2, 0.25) is 0 Å². The number of hydrogen-bond acceptors (Lipinski definition) is 4. The zero-order chi connectivity index (χ0) is 6.57. The lowest BCUT2D eigenvalue weighted by Crippen LogP contribution is -3.14. The van der Waals surface area contributed by atoms with Crippen LogP contribution in [0.1, 0.15) is 6.92 Å². The molecule has 0 bridgehead atoms. The van der Waals surface area contributed by atoms with Gasteiger partial charge in [-0.05, 0) is 6.92 Å². The van der Waals surface area contributed by atoms with E-state index in [0.717, 1.165) is 5.12 Å². The Morgan fingerprint density at radius 3 is 2.50 bits per heavy atom. The lowest BCUT2D eigenvalue weighted by atomic mass is 10.9. The summed E-state index contributed by atoms with van der Waals surface area (Å²) in [7, 11) is 1.43. The summed E-state index contributed by atoms with van der Waals surface area (Å²) in [5, 5.41) is 10.7. The summed E-state index contributed by atoms with van der Waals surface area (Å²) in [5.74, 6) is 4.98. The van der Waals surface area contributed by atoms with E-state index in [4.69, 9.17) is 5.84 Å². The van der Waals surface area contributed by atoms with E-state index in [1.807, 2.05) is 0 Å². The number of nitrogens with two attached hydrogens (primary N) is 1. The van der Waals surface area contributed by atoms with Crippen LogP contribution in [0.3, 0.4) is 0 Å². The number of nitrogens with zero attached hydrogens (tertiary/aromatic N) is 1. The van der Waals surface area contributed by atoms with Crippen LogP contribution in [0, 0.1) is 5.21 Å². The maximum Gasteiger partial charge on any atom is 0.106 e. The number of rotatable bonds is 3. The Morgan fingerprint density at radius 2 is 2.38 bits per heavy atom. The number of hydrazine groups is 1. The average molecular weight is 121 g/mol. The number of hydrogen-bond donors (Lipinski definition) is 2. The van der Waals surface area contributed by atoms with E-state index in [2.05, 4.69) is 4.84 Å². The molecular weight excluding hydrogens is 110 g/mol. The summed E-state index contributed by atoms with van der Waals surface area (Å²) >= 11 is 0. The molecule has 1 unspecified atom stereocenters. The molecule has 0 saturated carbocycles. The minimum Gasteiger partial charge on any atom is -0.578 e. The molecule has 8 heavy (non-hydrogen) atoms. The highest BCUT2D eigenvalue weighted by molar-refractivity contribution is 3.98. The Kier molecular flexibility index (Phi) is 3.67. The van der Waals surface area contributed by atoms with Gasteiger partial charge in [0.25, 0.3) is 0 Å². The SMILES string of the molecule is CCO[NH+]([O-])N(C)N. The molecule has 5 nitrogen and oxygen atoms in total. The Bertz CT molecular complexity index is 58.5. The highest BCUT2D eigenvalue weighted by atomic mass is 16.9. The standard InChI is InChI=1S/C3H11N3O2/c1-3-8-6(7)5(2)4/h6H,3-4H2,1-2H3. The molecule has 0 saturated heterocycles. The van der Waals surface area contributed by atoms with Crippen LogP contribution >= 0.6 is 0 Å². The van der Waals surface area contributed by atoms with Crippen molar-refractivity contribution < 1.29 is 10.2 Å². The molecule has 50 valence electrons. The largest absolute Gasteiger partial charge is 0.578 e. The van der Waals surface area contributed by atoms with Gasteiger partial charge in [0.05, 0.1) is 7.05 Å². The van der Waals surface area contributed by atoms with E-state index < -0.39 is 5.34 Å². The van der Waals surface area contributed by atoms with E-state index in [1.165, 1.54) is 7.05 Å². The van der Waals surface area contributed by atoms with Gasteiger partial charge in [-0.15, -0.1) is 5.34 Å². The normalized spacial score (nSPS) is 14.6. The Labute approximate surface area is 48.1 Å². The monoisotopic (exact) mass is 121 g/mol. The van der Waals surface area contributed by atoms with E-state index in [1.54, 1.807) is 6.92 Å². The van der Waals surface area contributed by atoms with Crippen molar-refractivity contribution in [3.63, 3.8) is 0 Å². The molecule has 0 aromatic heterocycles. The highest BCUT2D eigenvalue weighted by Gasteiger charge is 1.96. The van der Waals surface area contributed by atoms with Crippen molar-refractivity contribution in [2.45, 2.75) is 6.92 Å². The van der Waals surface area contributed by atoms with Gasteiger partial charge in [0.2, 0.25) is 0 Å². The summed E-state index contributed by atoms with van der Waals surface area (Å²) in [6, 6.07) is 0. The third-order valence-corrected chi connectivity index (χ3v) is 0.556. The van der Waals surface area contributed by atoms with Crippen LogP contribution < -0.4 is 11.2 Å². The van der Waals surface area contributed by atoms with Crippen molar-refractivity contribution in [3.8, 4) is 0 Å². The second-order valence-electron chi connectivity index (χ2n) is 1.31. The topological polar surface area (TPSA) is 66.0 Å². The first-order valence-electron chi connectivity index (χ1n) is 2.33. The van der Waals surface area contributed by atoms with Crippen molar-refractivity contribution >= 4 is 0 Å². The van der Waals surface area contributed by atoms with Gasteiger partial charge in [0.15, 0.2) is 0 Å². The van der Waals surface area contributed by atoms with Gasteiger partial charge in [0, 0.05) is 0 Å². The fraction of sp³-hybridized carbons (Fsp3) is 1.00. The van der Waals surface area contributed by atoms with Crippen LogP contribution in [0.25, 0.3) is 0 Å². The fourth-order valence-corrected chi connectivity index (χ4v) is 0.225. The van der Waals surface area contributed by atoms with E-state index in [0.29, 0.717) is 6.61 Å². The molecule has 0 fully saturated rings. The summed E-state index contributed by atoms with van der Waals surface area (Å²) in [5.41, 5.74) is 0. The average Bonchev–Trinajstić information content (AvgIpc) is 1.67. The first-order valence-corrected chi connectivity index (χ1v) is 2.33. The van der Waals surface area contributed by atoms with Gasteiger partial charge in [-0.25, -0.2) is 5.84 Å². The predicted octanol–water partition coefficient (Wildman–Crippen LogP) is -1.96. The van der Waals surface area contributed by atoms with E-state index >= 15 is 0 Å². The third kappa shape index (κ3) is 2.89. The molecule has 0 aliphatic heterocycles.